The molecule has 0 aromatic heterocycles. The Morgan fingerprint density at radius 1 is 0.905 bits per heavy atom. The van der Waals surface area contributed by atoms with Crippen LogP contribution in [0.3, 0.4) is 0 Å². The first-order chi connectivity index (χ1) is 10.1. The summed E-state index contributed by atoms with van der Waals surface area (Å²) in [6.07, 6.45) is 0. The van der Waals surface area contributed by atoms with E-state index in [1.165, 1.54) is 28.4 Å². The van der Waals surface area contributed by atoms with Crippen molar-refractivity contribution >= 4 is 5.78 Å². The second kappa shape index (κ2) is 7.58. The van der Waals surface area contributed by atoms with E-state index >= 15 is 0 Å². The number of Topliss-reactive ketones (excluding diaryl/α,β-unsaturated/α-hetero) is 1. The van der Waals surface area contributed by atoms with E-state index in [2.05, 4.69) is 0 Å². The average molecular weight is 300 g/mol. The van der Waals surface area contributed by atoms with Gasteiger partial charge in [-0.25, -0.2) is 0 Å². The highest BCUT2D eigenvalue weighted by atomic mass is 16.5. The molecule has 0 spiro atoms. The Hall–Kier alpha value is -2.15. The SMILES string of the molecule is CCOCC(=O)c1c(O)c(OC)c(OC)c(OC)c1OC. The lowest BCUT2D eigenvalue weighted by atomic mass is 10.1. The summed E-state index contributed by atoms with van der Waals surface area (Å²) in [5.74, 6) is -0.466. The van der Waals surface area contributed by atoms with Gasteiger partial charge in [0.25, 0.3) is 0 Å². The molecule has 0 unspecified atom stereocenters. The summed E-state index contributed by atoms with van der Waals surface area (Å²) in [4.78, 5) is 12.2. The smallest absolute Gasteiger partial charge is 0.211 e. The first-order valence-electron chi connectivity index (χ1n) is 6.27. The number of rotatable bonds is 8. The number of phenols is 1. The number of carbonyl (C=O) groups excluding carboxylic acids is 1. The molecule has 0 radical (unpaired) electrons. The van der Waals surface area contributed by atoms with Gasteiger partial charge in [-0.3, -0.25) is 4.79 Å². The van der Waals surface area contributed by atoms with Gasteiger partial charge >= 0.3 is 0 Å². The highest BCUT2D eigenvalue weighted by Gasteiger charge is 2.30. The van der Waals surface area contributed by atoms with Gasteiger partial charge in [-0.2, -0.15) is 0 Å². The summed E-state index contributed by atoms with van der Waals surface area (Å²) >= 11 is 0. The molecule has 0 atom stereocenters. The van der Waals surface area contributed by atoms with Gasteiger partial charge in [0.15, 0.2) is 17.3 Å². The fourth-order valence-corrected chi connectivity index (χ4v) is 1.93. The summed E-state index contributed by atoms with van der Waals surface area (Å²) in [6.45, 7) is 1.94. The van der Waals surface area contributed by atoms with Crippen LogP contribution in [0.15, 0.2) is 0 Å². The fourth-order valence-electron chi connectivity index (χ4n) is 1.93. The van der Waals surface area contributed by atoms with Crippen LogP contribution in [0.2, 0.25) is 0 Å². The van der Waals surface area contributed by atoms with E-state index < -0.39 is 5.78 Å². The first kappa shape index (κ1) is 16.9. The van der Waals surface area contributed by atoms with Crippen LogP contribution in [0.4, 0.5) is 0 Å². The molecule has 0 amide bonds. The van der Waals surface area contributed by atoms with E-state index in [0.29, 0.717) is 6.61 Å². The molecule has 0 saturated carbocycles. The third-order valence-corrected chi connectivity index (χ3v) is 2.83. The zero-order valence-electron chi connectivity index (χ0n) is 12.8. The number of phenolic OH excluding ortho intramolecular Hbond substituents is 1. The number of methoxy groups -OCH3 is 4. The molecule has 0 bridgehead atoms. The van der Waals surface area contributed by atoms with Crippen molar-refractivity contribution < 1.29 is 33.6 Å². The molecule has 7 nitrogen and oxygen atoms in total. The monoisotopic (exact) mass is 300 g/mol. The Balaban J connectivity index is 3.58. The van der Waals surface area contributed by atoms with E-state index in [0.717, 1.165) is 0 Å². The highest BCUT2D eigenvalue weighted by Crippen LogP contribution is 2.52. The molecule has 0 aliphatic rings. The quantitative estimate of drug-likeness (QED) is 0.731. The van der Waals surface area contributed by atoms with Crippen LogP contribution >= 0.6 is 0 Å². The maximum absolute atomic E-state index is 12.2. The Morgan fingerprint density at radius 2 is 1.38 bits per heavy atom. The number of carbonyl (C=O) groups is 1. The van der Waals surface area contributed by atoms with Crippen LogP contribution in [-0.4, -0.2) is 52.5 Å². The molecule has 1 aromatic rings. The van der Waals surface area contributed by atoms with Crippen LogP contribution < -0.4 is 18.9 Å². The zero-order valence-corrected chi connectivity index (χ0v) is 12.8. The van der Waals surface area contributed by atoms with Crippen molar-refractivity contribution in [1.29, 1.82) is 0 Å². The minimum atomic E-state index is -0.453. The Labute approximate surface area is 123 Å². The van der Waals surface area contributed by atoms with Crippen molar-refractivity contribution in [2.45, 2.75) is 6.92 Å². The fraction of sp³-hybridized carbons (Fsp3) is 0.500. The van der Waals surface area contributed by atoms with Gasteiger partial charge in [0.05, 0.1) is 28.4 Å². The number of ketones is 1. The van der Waals surface area contributed by atoms with Gasteiger partial charge in [-0.15, -0.1) is 0 Å². The first-order valence-corrected chi connectivity index (χ1v) is 6.27. The van der Waals surface area contributed by atoms with E-state index in [-0.39, 0.29) is 40.9 Å². The summed E-state index contributed by atoms with van der Waals surface area (Å²) in [5.41, 5.74) is -0.0690. The molecule has 0 fully saturated rings. The number of aromatic hydroxyl groups is 1. The number of hydrogen-bond donors (Lipinski definition) is 1. The van der Waals surface area contributed by atoms with Crippen LogP contribution in [0.5, 0.6) is 28.7 Å². The van der Waals surface area contributed by atoms with E-state index in [1.54, 1.807) is 6.92 Å². The largest absolute Gasteiger partial charge is 0.504 e. The second-order valence-corrected chi connectivity index (χ2v) is 3.92. The molecule has 21 heavy (non-hydrogen) atoms. The predicted molar refractivity (Wildman–Crippen MR) is 75.1 cm³/mol. The van der Waals surface area contributed by atoms with Crippen molar-refractivity contribution in [2.24, 2.45) is 0 Å². The topological polar surface area (TPSA) is 83.5 Å². The number of hydrogen-bond acceptors (Lipinski definition) is 7. The van der Waals surface area contributed by atoms with Crippen LogP contribution in [0.1, 0.15) is 17.3 Å². The molecule has 0 saturated heterocycles. The maximum atomic E-state index is 12.2. The minimum absolute atomic E-state index is 0.00463. The normalized spacial score (nSPS) is 10.1. The van der Waals surface area contributed by atoms with Gasteiger partial charge in [-0.05, 0) is 6.92 Å². The van der Waals surface area contributed by atoms with Crippen molar-refractivity contribution in [1.82, 2.24) is 0 Å². The molecule has 0 heterocycles. The van der Waals surface area contributed by atoms with Gasteiger partial charge in [-0.1, -0.05) is 0 Å². The highest BCUT2D eigenvalue weighted by molar-refractivity contribution is 6.04. The van der Waals surface area contributed by atoms with Gasteiger partial charge in [0.1, 0.15) is 12.2 Å². The van der Waals surface area contributed by atoms with Gasteiger partial charge < -0.3 is 28.8 Å². The molecule has 1 N–H and O–H groups in total. The summed E-state index contributed by atoms with van der Waals surface area (Å²) < 4.78 is 25.8. The van der Waals surface area contributed by atoms with Crippen molar-refractivity contribution in [2.75, 3.05) is 41.7 Å². The number of ether oxygens (including phenoxy) is 5. The Bertz CT molecular complexity index is 511. The third-order valence-electron chi connectivity index (χ3n) is 2.83. The minimum Gasteiger partial charge on any atom is -0.504 e. The maximum Gasteiger partial charge on any atom is 0.211 e. The standard InChI is InChI=1S/C14H20O7/c1-6-21-7-8(15)9-10(16)12(18-3)14(20-5)13(19-4)11(9)17-2/h16H,6-7H2,1-5H3. The molecule has 0 aliphatic carbocycles. The van der Waals surface area contributed by atoms with Crippen molar-refractivity contribution in [3.8, 4) is 28.7 Å². The Kier molecular flexibility index (Phi) is 6.10. The molecule has 118 valence electrons. The molecule has 7 heteroatoms. The van der Waals surface area contributed by atoms with E-state index in [1.807, 2.05) is 0 Å². The predicted octanol–water partition coefficient (Wildman–Crippen LogP) is 1.65. The van der Waals surface area contributed by atoms with Gasteiger partial charge in [0, 0.05) is 6.61 Å². The average Bonchev–Trinajstić information content (AvgIpc) is 2.50. The van der Waals surface area contributed by atoms with Crippen molar-refractivity contribution in [3.05, 3.63) is 5.56 Å². The van der Waals surface area contributed by atoms with Crippen molar-refractivity contribution in [3.63, 3.8) is 0 Å². The second-order valence-electron chi connectivity index (χ2n) is 3.92. The molecule has 1 rings (SSSR count). The number of benzene rings is 1. The van der Waals surface area contributed by atoms with Gasteiger partial charge in [0.2, 0.25) is 17.2 Å². The van der Waals surface area contributed by atoms with Crippen LogP contribution in [0.25, 0.3) is 0 Å². The van der Waals surface area contributed by atoms with E-state index in [4.69, 9.17) is 23.7 Å². The lowest BCUT2D eigenvalue weighted by Crippen LogP contribution is -2.12. The third kappa shape index (κ3) is 3.13. The van der Waals surface area contributed by atoms with Crippen LogP contribution in [-0.2, 0) is 4.74 Å². The lowest BCUT2D eigenvalue weighted by molar-refractivity contribution is 0.0776. The summed E-state index contributed by atoms with van der Waals surface area (Å²) in [5, 5.41) is 10.3. The zero-order chi connectivity index (χ0) is 16.0. The van der Waals surface area contributed by atoms with E-state index in [9.17, 15) is 9.90 Å². The summed E-state index contributed by atoms with van der Waals surface area (Å²) in [6, 6.07) is 0. The lowest BCUT2D eigenvalue weighted by Gasteiger charge is -2.19. The van der Waals surface area contributed by atoms with Crippen LogP contribution in [0, 0.1) is 0 Å². The molecular weight excluding hydrogens is 280 g/mol. The molecular formula is C14H20O7. The Morgan fingerprint density at radius 3 is 1.81 bits per heavy atom. The molecule has 1 aromatic carbocycles. The molecule has 0 aliphatic heterocycles. The summed E-state index contributed by atoms with van der Waals surface area (Å²) in [7, 11) is 5.50.